The van der Waals surface area contributed by atoms with Gasteiger partial charge in [-0.1, -0.05) is 0 Å². The Morgan fingerprint density at radius 2 is 1.94 bits per heavy atom. The molecule has 4 rings (SSSR count). The highest BCUT2D eigenvalue weighted by molar-refractivity contribution is 5.83. The van der Waals surface area contributed by atoms with E-state index in [1.165, 1.54) is 6.20 Å². The molecule has 0 atom stereocenters. The standard InChI is InChI=1S/C24H29N7O3/c1-23(2,3)34-22(32)29-24(4)6-8-30(9-7-24)20-14-26-19(13-27-20)18-10-17(33-5)15-31-21(18)16(11-25)12-28-31/h10,12-15H,6-9H2,1-5H3,(H,29,32). The monoisotopic (exact) mass is 463 g/mol. The van der Waals surface area contributed by atoms with E-state index in [1.54, 1.807) is 30.2 Å². The molecule has 1 N–H and O–H groups in total. The average Bonchev–Trinajstić information content (AvgIpc) is 3.20. The van der Waals surface area contributed by atoms with Crippen molar-refractivity contribution in [2.24, 2.45) is 0 Å². The molecule has 178 valence electrons. The maximum atomic E-state index is 12.2. The first-order valence-corrected chi connectivity index (χ1v) is 11.1. The largest absolute Gasteiger partial charge is 0.495 e. The number of pyridine rings is 1. The summed E-state index contributed by atoms with van der Waals surface area (Å²) >= 11 is 0. The van der Waals surface area contributed by atoms with Gasteiger partial charge in [0.1, 0.15) is 23.2 Å². The second-order valence-electron chi connectivity index (χ2n) is 9.69. The smallest absolute Gasteiger partial charge is 0.408 e. The van der Waals surface area contributed by atoms with Crippen LogP contribution < -0.4 is 15.0 Å². The predicted molar refractivity (Wildman–Crippen MR) is 127 cm³/mol. The van der Waals surface area contributed by atoms with Gasteiger partial charge >= 0.3 is 6.09 Å². The van der Waals surface area contributed by atoms with Crippen LogP contribution in [0.4, 0.5) is 10.6 Å². The van der Waals surface area contributed by atoms with Crippen molar-refractivity contribution in [2.75, 3.05) is 25.1 Å². The molecule has 10 nitrogen and oxygen atoms in total. The van der Waals surface area contributed by atoms with Crippen molar-refractivity contribution < 1.29 is 14.3 Å². The van der Waals surface area contributed by atoms with Crippen LogP contribution in [0.15, 0.2) is 30.9 Å². The summed E-state index contributed by atoms with van der Waals surface area (Å²) in [5.74, 6) is 1.37. The molecule has 3 aromatic rings. The highest BCUT2D eigenvalue weighted by Crippen LogP contribution is 2.30. The van der Waals surface area contributed by atoms with E-state index in [4.69, 9.17) is 9.47 Å². The molecule has 1 saturated heterocycles. The lowest BCUT2D eigenvalue weighted by Crippen LogP contribution is -2.54. The second-order valence-corrected chi connectivity index (χ2v) is 9.69. The van der Waals surface area contributed by atoms with Gasteiger partial charge in [-0.25, -0.2) is 14.3 Å². The van der Waals surface area contributed by atoms with Crippen LogP contribution in [0.3, 0.4) is 0 Å². The van der Waals surface area contributed by atoms with Crippen LogP contribution in [-0.2, 0) is 4.74 Å². The first-order valence-electron chi connectivity index (χ1n) is 11.1. The molecule has 0 saturated carbocycles. The fourth-order valence-electron chi connectivity index (χ4n) is 4.01. The number of methoxy groups -OCH3 is 1. The third-order valence-electron chi connectivity index (χ3n) is 5.85. The summed E-state index contributed by atoms with van der Waals surface area (Å²) < 4.78 is 12.4. The minimum Gasteiger partial charge on any atom is -0.495 e. The average molecular weight is 464 g/mol. The third kappa shape index (κ3) is 4.88. The molecule has 0 unspecified atom stereocenters. The highest BCUT2D eigenvalue weighted by atomic mass is 16.6. The molecule has 34 heavy (non-hydrogen) atoms. The van der Waals surface area contributed by atoms with Gasteiger partial charge in [0, 0.05) is 24.2 Å². The summed E-state index contributed by atoms with van der Waals surface area (Å²) in [6.45, 7) is 9.05. The van der Waals surface area contributed by atoms with Crippen LogP contribution in [-0.4, -0.2) is 57.0 Å². The Morgan fingerprint density at radius 1 is 1.21 bits per heavy atom. The Labute approximate surface area is 198 Å². The molecular weight excluding hydrogens is 434 g/mol. The van der Waals surface area contributed by atoms with Gasteiger partial charge in [-0.3, -0.25) is 4.98 Å². The fraction of sp³-hybridized carbons (Fsp3) is 0.458. The molecule has 10 heteroatoms. The molecule has 3 aromatic heterocycles. The lowest BCUT2D eigenvalue weighted by Gasteiger charge is -2.40. The number of amides is 1. The number of rotatable bonds is 4. The van der Waals surface area contributed by atoms with Crippen molar-refractivity contribution in [3.8, 4) is 23.1 Å². The van der Waals surface area contributed by atoms with E-state index in [0.29, 0.717) is 22.5 Å². The Morgan fingerprint density at radius 3 is 2.53 bits per heavy atom. The van der Waals surface area contributed by atoms with Crippen molar-refractivity contribution in [1.82, 2.24) is 24.9 Å². The van der Waals surface area contributed by atoms with E-state index < -0.39 is 11.7 Å². The lowest BCUT2D eigenvalue weighted by molar-refractivity contribution is 0.0448. The van der Waals surface area contributed by atoms with Gasteiger partial charge in [-0.15, -0.1) is 0 Å². The molecule has 1 fully saturated rings. The number of alkyl carbamates (subject to hydrolysis) is 1. The Hall–Kier alpha value is -3.87. The normalized spacial score (nSPS) is 15.6. The van der Waals surface area contributed by atoms with Crippen molar-refractivity contribution in [3.05, 3.63) is 36.4 Å². The zero-order chi connectivity index (χ0) is 24.5. The van der Waals surface area contributed by atoms with Gasteiger partial charge in [0.25, 0.3) is 0 Å². The number of carbonyl (C=O) groups is 1. The topological polar surface area (TPSA) is 118 Å². The van der Waals surface area contributed by atoms with Crippen LogP contribution >= 0.6 is 0 Å². The van der Waals surface area contributed by atoms with Gasteiger partial charge in [0.2, 0.25) is 0 Å². The van der Waals surface area contributed by atoms with Crippen LogP contribution in [0.1, 0.15) is 46.1 Å². The summed E-state index contributed by atoms with van der Waals surface area (Å²) in [6.07, 6.45) is 7.80. The maximum absolute atomic E-state index is 12.2. The van der Waals surface area contributed by atoms with Crippen molar-refractivity contribution in [2.45, 2.75) is 51.7 Å². The van der Waals surface area contributed by atoms with E-state index >= 15 is 0 Å². The number of hydrogen-bond acceptors (Lipinski definition) is 8. The number of fused-ring (bicyclic) bond motifs is 1. The molecular formula is C24H29N7O3. The SMILES string of the molecule is COc1cc(-c2cnc(N3CCC(C)(NC(=O)OC(C)(C)C)CC3)cn2)c2c(C#N)cnn2c1. The number of nitrogens with zero attached hydrogens (tertiary/aromatic N) is 6. The lowest BCUT2D eigenvalue weighted by atomic mass is 9.90. The molecule has 0 radical (unpaired) electrons. The molecule has 1 amide bonds. The zero-order valence-electron chi connectivity index (χ0n) is 20.1. The zero-order valence-corrected chi connectivity index (χ0v) is 20.1. The number of carbonyl (C=O) groups excluding carboxylic acids is 1. The molecule has 1 aliphatic heterocycles. The van der Waals surface area contributed by atoms with Gasteiger partial charge < -0.3 is 19.7 Å². The summed E-state index contributed by atoms with van der Waals surface area (Å²) in [5, 5.41) is 16.7. The Bertz CT molecular complexity index is 1230. The van der Waals surface area contributed by atoms with Crippen LogP contribution in [0.5, 0.6) is 5.75 Å². The van der Waals surface area contributed by atoms with E-state index in [2.05, 4.69) is 31.4 Å². The van der Waals surface area contributed by atoms with Crippen LogP contribution in [0.25, 0.3) is 16.8 Å². The second kappa shape index (κ2) is 8.82. The predicted octanol–water partition coefficient (Wildman–Crippen LogP) is 3.56. The number of anilines is 1. The molecule has 0 bridgehead atoms. The summed E-state index contributed by atoms with van der Waals surface area (Å²) in [7, 11) is 1.58. The number of nitrogens with one attached hydrogen (secondary N) is 1. The number of hydrogen-bond donors (Lipinski definition) is 1. The summed E-state index contributed by atoms with van der Waals surface area (Å²) in [5.41, 5.74) is 1.59. The maximum Gasteiger partial charge on any atom is 0.408 e. The van der Waals surface area contributed by atoms with Gasteiger partial charge in [0.15, 0.2) is 0 Å². The number of nitriles is 1. The first-order chi connectivity index (χ1) is 16.1. The van der Waals surface area contributed by atoms with Crippen molar-refractivity contribution in [3.63, 3.8) is 0 Å². The van der Waals surface area contributed by atoms with Crippen molar-refractivity contribution >= 4 is 17.4 Å². The Balaban J connectivity index is 1.49. The van der Waals surface area contributed by atoms with E-state index in [-0.39, 0.29) is 5.54 Å². The number of aromatic nitrogens is 4. The third-order valence-corrected chi connectivity index (χ3v) is 5.85. The Kier molecular flexibility index (Phi) is 6.04. The van der Waals surface area contributed by atoms with E-state index in [9.17, 15) is 10.1 Å². The number of piperidine rings is 1. The van der Waals surface area contributed by atoms with Gasteiger partial charge in [0.05, 0.1) is 48.7 Å². The molecule has 0 aliphatic carbocycles. The molecule has 0 spiro atoms. The highest BCUT2D eigenvalue weighted by Gasteiger charge is 2.33. The quantitative estimate of drug-likeness (QED) is 0.624. The van der Waals surface area contributed by atoms with Crippen LogP contribution in [0.2, 0.25) is 0 Å². The summed E-state index contributed by atoms with van der Waals surface area (Å²) in [4.78, 5) is 23.6. The first kappa shape index (κ1) is 23.3. The van der Waals surface area contributed by atoms with Gasteiger partial charge in [-0.2, -0.15) is 10.4 Å². The number of ether oxygens (including phenoxy) is 2. The van der Waals surface area contributed by atoms with E-state index in [1.807, 2.05) is 33.8 Å². The van der Waals surface area contributed by atoms with E-state index in [0.717, 1.165) is 37.3 Å². The minimum absolute atomic E-state index is 0.339. The van der Waals surface area contributed by atoms with Crippen LogP contribution in [0, 0.1) is 11.3 Å². The molecule has 0 aromatic carbocycles. The van der Waals surface area contributed by atoms with Gasteiger partial charge in [-0.05, 0) is 46.6 Å². The molecule has 1 aliphatic rings. The summed E-state index contributed by atoms with van der Waals surface area (Å²) in [6, 6.07) is 4.00. The molecule has 4 heterocycles. The minimum atomic E-state index is -0.530. The fourth-order valence-corrected chi connectivity index (χ4v) is 4.01. The van der Waals surface area contributed by atoms with Crippen molar-refractivity contribution in [1.29, 1.82) is 5.26 Å².